The molecule has 0 saturated heterocycles. The van der Waals surface area contributed by atoms with Crippen molar-refractivity contribution in [2.75, 3.05) is 7.05 Å². The fourth-order valence-electron chi connectivity index (χ4n) is 2.01. The number of nitrogens with one attached hydrogen (secondary N) is 1. The summed E-state index contributed by atoms with van der Waals surface area (Å²) in [5.74, 6) is -0.211. The maximum Gasteiger partial charge on any atom is 0.123 e. The van der Waals surface area contributed by atoms with E-state index in [-0.39, 0.29) is 11.9 Å². The number of likely N-dealkylation sites (N-methyl/N-ethyl adjacent to an activating group) is 1. The van der Waals surface area contributed by atoms with Gasteiger partial charge in [-0.2, -0.15) is 0 Å². The third kappa shape index (κ3) is 3.78. The van der Waals surface area contributed by atoms with Crippen LogP contribution < -0.4 is 5.32 Å². The van der Waals surface area contributed by atoms with Gasteiger partial charge in [-0.15, -0.1) is 0 Å². The van der Waals surface area contributed by atoms with Gasteiger partial charge in [-0.05, 0) is 48.9 Å². The number of halogens is 3. The van der Waals surface area contributed by atoms with Crippen LogP contribution in [0.25, 0.3) is 0 Å². The molecule has 0 aliphatic heterocycles. The van der Waals surface area contributed by atoms with Crippen LogP contribution >= 0.6 is 27.5 Å². The second-order valence-corrected chi connectivity index (χ2v) is 5.63. The molecule has 0 bridgehead atoms. The average Bonchev–Trinajstić information content (AvgIpc) is 2.39. The first-order valence-corrected chi connectivity index (χ1v) is 7.14. The van der Waals surface area contributed by atoms with E-state index in [2.05, 4.69) is 21.2 Å². The van der Waals surface area contributed by atoms with Gasteiger partial charge in [-0.1, -0.05) is 45.7 Å². The number of hydrogen-bond donors (Lipinski definition) is 1. The minimum atomic E-state index is -0.211. The van der Waals surface area contributed by atoms with Crippen molar-refractivity contribution in [1.29, 1.82) is 0 Å². The number of rotatable bonds is 4. The zero-order valence-electron chi connectivity index (χ0n) is 10.5. The predicted molar refractivity (Wildman–Crippen MR) is 81.1 cm³/mol. The van der Waals surface area contributed by atoms with Gasteiger partial charge < -0.3 is 5.32 Å². The number of benzene rings is 2. The van der Waals surface area contributed by atoms with E-state index in [9.17, 15) is 4.39 Å². The molecule has 0 radical (unpaired) electrons. The Morgan fingerprint density at radius 2 is 1.89 bits per heavy atom. The molecule has 0 fully saturated rings. The lowest BCUT2D eigenvalue weighted by atomic mass is 9.99. The first kappa shape index (κ1) is 14.5. The highest BCUT2D eigenvalue weighted by atomic mass is 79.9. The molecule has 0 aliphatic carbocycles. The lowest BCUT2D eigenvalue weighted by molar-refractivity contribution is 0.587. The fourth-order valence-corrected chi connectivity index (χ4v) is 2.97. The molecular weight excluding hydrogens is 329 g/mol. The first-order chi connectivity index (χ1) is 9.10. The van der Waals surface area contributed by atoms with Crippen LogP contribution in [-0.2, 0) is 6.42 Å². The smallest absolute Gasteiger partial charge is 0.123 e. The van der Waals surface area contributed by atoms with Gasteiger partial charge in [0.05, 0.1) is 0 Å². The van der Waals surface area contributed by atoms with Gasteiger partial charge in [0.15, 0.2) is 0 Å². The van der Waals surface area contributed by atoms with Crippen LogP contribution in [0, 0.1) is 5.82 Å². The maximum atomic E-state index is 12.9. The van der Waals surface area contributed by atoms with Gasteiger partial charge in [0.25, 0.3) is 0 Å². The summed E-state index contributed by atoms with van der Waals surface area (Å²) in [6.45, 7) is 0. The van der Waals surface area contributed by atoms with Crippen LogP contribution in [0.15, 0.2) is 46.9 Å². The Hall–Kier alpha value is -0.900. The van der Waals surface area contributed by atoms with E-state index in [1.54, 1.807) is 0 Å². The quantitative estimate of drug-likeness (QED) is 0.846. The Labute approximate surface area is 125 Å². The predicted octanol–water partition coefficient (Wildman–Crippen LogP) is 4.74. The minimum absolute atomic E-state index is 0.150. The van der Waals surface area contributed by atoms with Crippen molar-refractivity contribution >= 4 is 27.5 Å². The molecule has 0 aromatic heterocycles. The standard InChI is InChI=1S/C15H14BrClFN/c1-19-15(8-10-2-5-12(18)6-3-10)13-7-4-11(17)9-14(13)16/h2-7,9,15,19H,8H2,1H3. The van der Waals surface area contributed by atoms with Gasteiger partial charge >= 0.3 is 0 Å². The maximum absolute atomic E-state index is 12.9. The van der Waals surface area contributed by atoms with E-state index in [0.717, 1.165) is 22.0 Å². The first-order valence-electron chi connectivity index (χ1n) is 5.97. The van der Waals surface area contributed by atoms with E-state index in [1.165, 1.54) is 12.1 Å². The topological polar surface area (TPSA) is 12.0 Å². The van der Waals surface area contributed by atoms with E-state index < -0.39 is 0 Å². The zero-order chi connectivity index (χ0) is 13.8. The van der Waals surface area contributed by atoms with Gasteiger partial charge in [-0.25, -0.2) is 4.39 Å². The summed E-state index contributed by atoms with van der Waals surface area (Å²) in [7, 11) is 1.91. The second kappa shape index (κ2) is 6.51. The van der Waals surface area contributed by atoms with Crippen molar-refractivity contribution in [3.05, 3.63) is 68.9 Å². The van der Waals surface area contributed by atoms with Gasteiger partial charge in [0.1, 0.15) is 5.82 Å². The second-order valence-electron chi connectivity index (χ2n) is 4.34. The molecule has 1 atom stereocenters. The zero-order valence-corrected chi connectivity index (χ0v) is 12.8. The highest BCUT2D eigenvalue weighted by Crippen LogP contribution is 2.28. The molecule has 19 heavy (non-hydrogen) atoms. The van der Waals surface area contributed by atoms with E-state index in [4.69, 9.17) is 11.6 Å². The Morgan fingerprint density at radius 1 is 1.21 bits per heavy atom. The van der Waals surface area contributed by atoms with Crippen molar-refractivity contribution < 1.29 is 4.39 Å². The molecule has 0 heterocycles. The molecule has 1 nitrogen and oxygen atoms in total. The van der Waals surface area contributed by atoms with Gasteiger partial charge in [0.2, 0.25) is 0 Å². The molecule has 1 unspecified atom stereocenters. The lowest BCUT2D eigenvalue weighted by Gasteiger charge is -2.18. The van der Waals surface area contributed by atoms with Crippen LogP contribution in [0.1, 0.15) is 17.2 Å². The largest absolute Gasteiger partial charge is 0.313 e. The molecule has 2 rings (SSSR count). The van der Waals surface area contributed by atoms with Crippen LogP contribution in [0.5, 0.6) is 0 Å². The number of hydrogen-bond acceptors (Lipinski definition) is 1. The summed E-state index contributed by atoms with van der Waals surface area (Å²) >= 11 is 9.48. The Bertz CT molecular complexity index is 557. The fraction of sp³-hybridized carbons (Fsp3) is 0.200. The summed E-state index contributed by atoms with van der Waals surface area (Å²) in [4.78, 5) is 0. The highest BCUT2D eigenvalue weighted by Gasteiger charge is 2.13. The minimum Gasteiger partial charge on any atom is -0.313 e. The SMILES string of the molecule is CNC(Cc1ccc(F)cc1)c1ccc(Cl)cc1Br. The van der Waals surface area contributed by atoms with Crippen LogP contribution in [0.3, 0.4) is 0 Å². The summed E-state index contributed by atoms with van der Waals surface area (Å²) in [6, 6.07) is 12.5. The third-order valence-corrected chi connectivity index (χ3v) is 3.96. The average molecular weight is 343 g/mol. The normalized spacial score (nSPS) is 12.4. The van der Waals surface area contributed by atoms with Gasteiger partial charge in [0, 0.05) is 15.5 Å². The van der Waals surface area contributed by atoms with E-state index >= 15 is 0 Å². The molecule has 2 aromatic carbocycles. The Balaban J connectivity index is 2.22. The van der Waals surface area contributed by atoms with Crippen molar-refractivity contribution in [2.24, 2.45) is 0 Å². The monoisotopic (exact) mass is 341 g/mol. The molecule has 0 amide bonds. The molecule has 1 N–H and O–H groups in total. The molecular formula is C15H14BrClFN. The molecule has 0 saturated carbocycles. The summed E-state index contributed by atoms with van der Waals surface area (Å²) < 4.78 is 13.9. The Kier molecular flexibility index (Phi) is 4.97. The Morgan fingerprint density at radius 3 is 2.47 bits per heavy atom. The summed E-state index contributed by atoms with van der Waals surface area (Å²) in [6.07, 6.45) is 0.789. The van der Waals surface area contributed by atoms with E-state index in [0.29, 0.717) is 5.02 Å². The lowest BCUT2D eigenvalue weighted by Crippen LogP contribution is -2.19. The van der Waals surface area contributed by atoms with E-state index in [1.807, 2.05) is 37.4 Å². The molecule has 100 valence electrons. The molecule has 2 aromatic rings. The van der Waals surface area contributed by atoms with Crippen molar-refractivity contribution in [3.63, 3.8) is 0 Å². The van der Waals surface area contributed by atoms with Crippen molar-refractivity contribution in [3.8, 4) is 0 Å². The molecule has 0 aliphatic rings. The van der Waals surface area contributed by atoms with Gasteiger partial charge in [-0.3, -0.25) is 0 Å². The van der Waals surface area contributed by atoms with Crippen molar-refractivity contribution in [2.45, 2.75) is 12.5 Å². The van der Waals surface area contributed by atoms with Crippen LogP contribution in [0.4, 0.5) is 4.39 Å². The molecule has 0 spiro atoms. The highest BCUT2D eigenvalue weighted by molar-refractivity contribution is 9.10. The van der Waals surface area contributed by atoms with Crippen molar-refractivity contribution in [1.82, 2.24) is 5.32 Å². The summed E-state index contributed by atoms with van der Waals surface area (Å²) in [5, 5.41) is 3.98. The van der Waals surface area contributed by atoms with Crippen LogP contribution in [0.2, 0.25) is 5.02 Å². The third-order valence-electron chi connectivity index (χ3n) is 3.04. The van der Waals surface area contributed by atoms with Crippen LogP contribution in [-0.4, -0.2) is 7.05 Å². The summed E-state index contributed by atoms with van der Waals surface area (Å²) in [5.41, 5.74) is 2.22. The molecule has 4 heteroatoms.